The van der Waals surface area contributed by atoms with E-state index in [9.17, 15) is 4.79 Å². The van der Waals surface area contributed by atoms with E-state index in [1.165, 1.54) is 5.56 Å². The molecule has 0 saturated carbocycles. The van der Waals surface area contributed by atoms with Crippen LogP contribution in [0.1, 0.15) is 18.4 Å². The topological polar surface area (TPSA) is 69.5 Å². The molecule has 1 N–H and O–H groups in total. The first-order valence-electron chi connectivity index (χ1n) is 12.2. The molecule has 1 amide bonds. The molecular weight excluding hydrogens is 446 g/mol. The maximum Gasteiger partial charge on any atom is 0.224 e. The van der Waals surface area contributed by atoms with Gasteiger partial charge in [0.1, 0.15) is 0 Å². The van der Waals surface area contributed by atoms with Gasteiger partial charge in [0.2, 0.25) is 16.2 Å². The molecule has 0 radical (unpaired) electrons. The molecule has 2 aliphatic rings. The summed E-state index contributed by atoms with van der Waals surface area (Å²) < 4.78 is 1.97. The summed E-state index contributed by atoms with van der Waals surface area (Å²) in [6.45, 7) is 8.55. The summed E-state index contributed by atoms with van der Waals surface area (Å²) in [4.78, 5) is 20.0. The van der Waals surface area contributed by atoms with Crippen LogP contribution in [0.2, 0.25) is 0 Å². The highest BCUT2D eigenvalue weighted by Crippen LogP contribution is 2.27. The van der Waals surface area contributed by atoms with Crippen molar-refractivity contribution >= 4 is 22.4 Å². The van der Waals surface area contributed by atoms with Crippen molar-refractivity contribution in [3.63, 3.8) is 0 Å². The van der Waals surface area contributed by atoms with Crippen molar-refractivity contribution in [3.8, 4) is 5.13 Å². The summed E-state index contributed by atoms with van der Waals surface area (Å²) in [5.41, 5.74) is 1.37. The van der Waals surface area contributed by atoms with Crippen LogP contribution < -0.4 is 10.2 Å². The van der Waals surface area contributed by atoms with Crippen LogP contribution in [0.3, 0.4) is 0 Å². The van der Waals surface area contributed by atoms with Gasteiger partial charge in [-0.2, -0.15) is 0 Å². The highest BCUT2D eigenvalue weighted by Gasteiger charge is 2.28. The zero-order chi connectivity index (χ0) is 23.2. The summed E-state index contributed by atoms with van der Waals surface area (Å²) in [6, 6.07) is 14.6. The number of rotatable bonds is 8. The number of carbonyl (C=O) groups is 1. The van der Waals surface area contributed by atoms with E-state index in [-0.39, 0.29) is 11.8 Å². The molecule has 5 rings (SSSR count). The summed E-state index contributed by atoms with van der Waals surface area (Å²) in [6.07, 6.45) is 5.88. The maximum atomic E-state index is 12.9. The number of piperidine rings is 1. The minimum absolute atomic E-state index is 0.00963. The molecule has 2 aromatic heterocycles. The second kappa shape index (κ2) is 11.1. The van der Waals surface area contributed by atoms with Crippen molar-refractivity contribution in [2.24, 2.45) is 5.92 Å². The summed E-state index contributed by atoms with van der Waals surface area (Å²) in [5, 5.41) is 13.6. The van der Waals surface area contributed by atoms with Gasteiger partial charge in [-0.1, -0.05) is 41.7 Å². The second-order valence-electron chi connectivity index (χ2n) is 9.14. The number of anilines is 1. The Balaban J connectivity index is 1.03. The van der Waals surface area contributed by atoms with Crippen molar-refractivity contribution in [3.05, 3.63) is 60.4 Å². The largest absolute Gasteiger partial charge is 0.355 e. The van der Waals surface area contributed by atoms with Gasteiger partial charge in [0.15, 0.2) is 0 Å². The number of nitrogens with zero attached hydrogens (tertiary/aromatic N) is 6. The Morgan fingerprint density at radius 3 is 2.47 bits per heavy atom. The lowest BCUT2D eigenvalue weighted by atomic mass is 9.97. The Bertz CT molecular complexity index is 1030. The van der Waals surface area contributed by atoms with Gasteiger partial charge < -0.3 is 10.2 Å². The van der Waals surface area contributed by atoms with Gasteiger partial charge in [-0.05, 0) is 30.5 Å². The SMILES string of the molecule is O=C(NCCN1CCN(Cc2ccccc2)CC1)C1CCCN(c2nnc(-n3cccc3)s2)C1. The monoisotopic (exact) mass is 479 g/mol. The Morgan fingerprint density at radius 2 is 1.68 bits per heavy atom. The molecule has 2 fully saturated rings. The molecule has 3 aromatic rings. The van der Waals surface area contributed by atoms with E-state index in [2.05, 4.69) is 60.5 Å². The second-order valence-corrected chi connectivity index (χ2v) is 10.1. The van der Waals surface area contributed by atoms with E-state index in [4.69, 9.17) is 0 Å². The Kier molecular flexibility index (Phi) is 7.52. The summed E-state index contributed by atoms with van der Waals surface area (Å²) >= 11 is 1.57. The molecule has 2 aliphatic heterocycles. The highest BCUT2D eigenvalue weighted by atomic mass is 32.1. The fourth-order valence-corrected chi connectivity index (χ4v) is 5.61. The molecule has 0 aliphatic carbocycles. The van der Waals surface area contributed by atoms with Crippen molar-refractivity contribution in [2.45, 2.75) is 19.4 Å². The normalized spacial score (nSPS) is 19.9. The van der Waals surface area contributed by atoms with E-state index in [1.807, 2.05) is 29.1 Å². The predicted molar refractivity (Wildman–Crippen MR) is 135 cm³/mol. The van der Waals surface area contributed by atoms with Gasteiger partial charge in [-0.3, -0.25) is 19.2 Å². The lowest BCUT2D eigenvalue weighted by molar-refractivity contribution is -0.125. The zero-order valence-corrected chi connectivity index (χ0v) is 20.4. The van der Waals surface area contributed by atoms with Crippen molar-refractivity contribution in [2.75, 3.05) is 57.3 Å². The summed E-state index contributed by atoms with van der Waals surface area (Å²) in [7, 11) is 0. The van der Waals surface area contributed by atoms with E-state index >= 15 is 0 Å². The van der Waals surface area contributed by atoms with Gasteiger partial charge in [-0.25, -0.2) is 0 Å². The van der Waals surface area contributed by atoms with E-state index in [1.54, 1.807) is 11.3 Å². The van der Waals surface area contributed by atoms with E-state index in [0.717, 1.165) is 68.9 Å². The molecular formula is C25H33N7OS. The van der Waals surface area contributed by atoms with Crippen molar-refractivity contribution in [1.82, 2.24) is 29.9 Å². The Hall–Kier alpha value is -2.75. The average molecular weight is 480 g/mol. The lowest BCUT2D eigenvalue weighted by Crippen LogP contribution is -2.49. The fourth-order valence-electron chi connectivity index (χ4n) is 4.76. The van der Waals surface area contributed by atoms with Crippen molar-refractivity contribution < 1.29 is 4.79 Å². The molecule has 180 valence electrons. The van der Waals surface area contributed by atoms with Crippen LogP contribution in [0.15, 0.2) is 54.9 Å². The number of piperazine rings is 1. The van der Waals surface area contributed by atoms with Gasteiger partial charge in [-0.15, -0.1) is 10.2 Å². The summed E-state index contributed by atoms with van der Waals surface area (Å²) in [5.74, 6) is 0.179. The van der Waals surface area contributed by atoms with Crippen LogP contribution in [0.4, 0.5) is 5.13 Å². The third-order valence-electron chi connectivity index (χ3n) is 6.73. The third kappa shape index (κ3) is 5.84. The standard InChI is InChI=1S/C25H33N7OS/c33-23(26-10-14-29-15-17-30(18-16-29)19-21-7-2-1-3-8-21)22-9-6-13-32(20-22)25-28-27-24(34-25)31-11-4-5-12-31/h1-5,7-8,11-12,22H,6,9-10,13-20H2,(H,26,33). The van der Waals surface area contributed by atoms with Crippen LogP contribution in [0.5, 0.6) is 0 Å². The number of nitrogens with one attached hydrogen (secondary N) is 1. The zero-order valence-electron chi connectivity index (χ0n) is 19.6. The minimum atomic E-state index is 0.00963. The maximum absolute atomic E-state index is 12.9. The molecule has 0 bridgehead atoms. The first-order valence-corrected chi connectivity index (χ1v) is 13.0. The number of hydrogen-bond donors (Lipinski definition) is 1. The minimum Gasteiger partial charge on any atom is -0.355 e. The first-order chi connectivity index (χ1) is 16.7. The predicted octanol–water partition coefficient (Wildman–Crippen LogP) is 2.48. The van der Waals surface area contributed by atoms with Crippen LogP contribution in [-0.4, -0.2) is 82.8 Å². The van der Waals surface area contributed by atoms with Gasteiger partial charge in [0.25, 0.3) is 0 Å². The Morgan fingerprint density at radius 1 is 0.941 bits per heavy atom. The fraction of sp³-hybridized carbons (Fsp3) is 0.480. The molecule has 1 aromatic carbocycles. The molecule has 8 nitrogen and oxygen atoms in total. The van der Waals surface area contributed by atoms with Gasteiger partial charge >= 0.3 is 0 Å². The van der Waals surface area contributed by atoms with Gasteiger partial charge in [0.05, 0.1) is 5.92 Å². The molecule has 0 spiro atoms. The van der Waals surface area contributed by atoms with Gasteiger partial charge in [0, 0.05) is 71.3 Å². The van der Waals surface area contributed by atoms with Crippen LogP contribution in [0, 0.1) is 5.92 Å². The van der Waals surface area contributed by atoms with Crippen LogP contribution in [-0.2, 0) is 11.3 Å². The number of hydrogen-bond acceptors (Lipinski definition) is 7. The van der Waals surface area contributed by atoms with Crippen LogP contribution in [0.25, 0.3) is 5.13 Å². The molecule has 2 saturated heterocycles. The van der Waals surface area contributed by atoms with E-state index < -0.39 is 0 Å². The highest BCUT2D eigenvalue weighted by molar-refractivity contribution is 7.17. The third-order valence-corrected chi connectivity index (χ3v) is 7.73. The number of amides is 1. The Labute approximate surface area is 205 Å². The molecule has 1 unspecified atom stereocenters. The smallest absolute Gasteiger partial charge is 0.224 e. The first kappa shape index (κ1) is 23.0. The van der Waals surface area contributed by atoms with Crippen molar-refractivity contribution in [1.29, 1.82) is 0 Å². The molecule has 34 heavy (non-hydrogen) atoms. The number of aromatic nitrogens is 3. The molecule has 1 atom stereocenters. The van der Waals surface area contributed by atoms with E-state index in [0.29, 0.717) is 13.1 Å². The van der Waals surface area contributed by atoms with Crippen LogP contribution >= 0.6 is 11.3 Å². The lowest BCUT2D eigenvalue weighted by Gasteiger charge is -2.35. The quantitative estimate of drug-likeness (QED) is 0.535. The molecule has 9 heteroatoms. The number of carbonyl (C=O) groups excluding carboxylic acids is 1. The molecule has 4 heterocycles. The number of benzene rings is 1. The average Bonchev–Trinajstić information content (AvgIpc) is 3.58.